The number of halogens is 1. The van der Waals surface area contributed by atoms with Gasteiger partial charge in [-0.05, 0) is 24.6 Å². The molecule has 2 aromatic rings. The first-order valence-corrected chi connectivity index (χ1v) is 7.59. The lowest BCUT2D eigenvalue weighted by Gasteiger charge is -2.17. The molecule has 1 atom stereocenters. The molecule has 128 valence electrons. The van der Waals surface area contributed by atoms with E-state index in [-0.39, 0.29) is 23.5 Å². The highest BCUT2D eigenvalue weighted by Crippen LogP contribution is 2.25. The number of carbonyl (C=O) groups is 2. The fourth-order valence-corrected chi connectivity index (χ4v) is 2.78. The average Bonchev–Trinajstić information content (AvgIpc) is 2.96. The maximum atomic E-state index is 13.9. The van der Waals surface area contributed by atoms with Gasteiger partial charge in [-0.3, -0.25) is 19.7 Å². The van der Waals surface area contributed by atoms with Gasteiger partial charge in [-0.15, -0.1) is 0 Å². The second-order valence-corrected chi connectivity index (χ2v) is 5.53. The van der Waals surface area contributed by atoms with Crippen molar-refractivity contribution in [1.29, 1.82) is 0 Å². The van der Waals surface area contributed by atoms with E-state index in [0.29, 0.717) is 6.42 Å². The van der Waals surface area contributed by atoms with E-state index in [1.807, 2.05) is 0 Å². The van der Waals surface area contributed by atoms with Crippen molar-refractivity contribution in [2.75, 3.05) is 11.4 Å². The Morgan fingerprint density at radius 1 is 1.20 bits per heavy atom. The van der Waals surface area contributed by atoms with Crippen molar-refractivity contribution in [3.8, 4) is 0 Å². The Morgan fingerprint density at radius 3 is 2.60 bits per heavy atom. The maximum Gasteiger partial charge on any atom is 0.282 e. The fraction of sp³-hybridized carbons (Fsp3) is 0.176. The molecule has 1 fully saturated rings. The van der Waals surface area contributed by atoms with Crippen LogP contribution in [0.3, 0.4) is 0 Å². The average molecular weight is 343 g/mol. The zero-order valence-electron chi connectivity index (χ0n) is 13.0. The molecule has 0 bridgehead atoms. The first-order valence-electron chi connectivity index (χ1n) is 7.59. The fourth-order valence-electron chi connectivity index (χ4n) is 2.78. The number of rotatable bonds is 4. The first-order chi connectivity index (χ1) is 12.0. The molecular formula is C17H14FN3O4. The van der Waals surface area contributed by atoms with Gasteiger partial charge in [-0.1, -0.05) is 24.3 Å². The van der Waals surface area contributed by atoms with Gasteiger partial charge in [0.1, 0.15) is 17.4 Å². The van der Waals surface area contributed by atoms with Crippen molar-refractivity contribution in [2.24, 2.45) is 0 Å². The normalized spacial score (nSPS) is 16.8. The molecule has 1 aliphatic rings. The molecule has 1 saturated heterocycles. The summed E-state index contributed by atoms with van der Waals surface area (Å²) in [6.07, 6.45) is 0.291. The van der Waals surface area contributed by atoms with E-state index in [1.54, 1.807) is 6.07 Å². The lowest BCUT2D eigenvalue weighted by molar-refractivity contribution is -0.385. The van der Waals surface area contributed by atoms with Gasteiger partial charge in [0.2, 0.25) is 5.91 Å². The van der Waals surface area contributed by atoms with Crippen LogP contribution >= 0.6 is 0 Å². The van der Waals surface area contributed by atoms with Gasteiger partial charge in [-0.2, -0.15) is 0 Å². The minimum atomic E-state index is -0.855. The van der Waals surface area contributed by atoms with Crippen LogP contribution in [0.4, 0.5) is 15.8 Å². The van der Waals surface area contributed by atoms with Crippen LogP contribution in [-0.2, 0) is 4.79 Å². The lowest BCUT2D eigenvalue weighted by Crippen LogP contribution is -2.41. The van der Waals surface area contributed by atoms with E-state index in [1.165, 1.54) is 47.4 Å². The number of hydrogen-bond acceptors (Lipinski definition) is 4. The number of anilines is 1. The quantitative estimate of drug-likeness (QED) is 0.681. The molecule has 25 heavy (non-hydrogen) atoms. The van der Waals surface area contributed by atoms with Crippen molar-refractivity contribution >= 4 is 23.2 Å². The molecule has 1 N–H and O–H groups in total. The number of amides is 2. The van der Waals surface area contributed by atoms with Crippen LogP contribution in [0.2, 0.25) is 0 Å². The van der Waals surface area contributed by atoms with Crippen LogP contribution in [-0.4, -0.2) is 29.3 Å². The molecule has 2 amide bonds. The highest BCUT2D eigenvalue weighted by Gasteiger charge is 2.35. The molecule has 2 aromatic carbocycles. The number of nitro groups is 1. The Balaban J connectivity index is 1.77. The second kappa shape index (κ2) is 6.68. The van der Waals surface area contributed by atoms with E-state index >= 15 is 0 Å². The summed E-state index contributed by atoms with van der Waals surface area (Å²) in [6.45, 7) is 0.252. The molecule has 0 saturated carbocycles. The largest absolute Gasteiger partial charge is 0.340 e. The molecule has 1 aliphatic heterocycles. The topological polar surface area (TPSA) is 92.6 Å². The first kappa shape index (κ1) is 16.6. The molecular weight excluding hydrogens is 329 g/mol. The summed E-state index contributed by atoms with van der Waals surface area (Å²) in [5.74, 6) is -1.68. The summed E-state index contributed by atoms with van der Waals surface area (Å²) in [5, 5.41) is 13.5. The molecule has 0 spiro atoms. The Hall–Kier alpha value is -3.29. The summed E-state index contributed by atoms with van der Waals surface area (Å²) in [6, 6.07) is 10.5. The SMILES string of the molecule is O=C(N[C@H]1CCN(c2ccccc2F)C1=O)c1ccccc1[N+](=O)[O-]. The predicted molar refractivity (Wildman–Crippen MR) is 87.7 cm³/mol. The highest BCUT2D eigenvalue weighted by atomic mass is 19.1. The van der Waals surface area contributed by atoms with Crippen molar-refractivity contribution in [3.05, 3.63) is 70.0 Å². The number of nitrogens with zero attached hydrogens (tertiary/aromatic N) is 2. The highest BCUT2D eigenvalue weighted by molar-refractivity contribution is 6.05. The zero-order chi connectivity index (χ0) is 18.0. The molecule has 0 aromatic heterocycles. The number of nitro benzene ring substituents is 1. The van der Waals surface area contributed by atoms with Crippen molar-refractivity contribution in [3.63, 3.8) is 0 Å². The Kier molecular flexibility index (Phi) is 4.42. The number of benzene rings is 2. The summed E-state index contributed by atoms with van der Waals surface area (Å²) >= 11 is 0. The van der Waals surface area contributed by atoms with Crippen molar-refractivity contribution in [1.82, 2.24) is 5.32 Å². The van der Waals surface area contributed by atoms with Crippen LogP contribution in [0.1, 0.15) is 16.8 Å². The predicted octanol–water partition coefficient (Wildman–Crippen LogP) is 2.27. The third kappa shape index (κ3) is 3.18. The molecule has 3 rings (SSSR count). The van der Waals surface area contributed by atoms with Gasteiger partial charge in [0.05, 0.1) is 10.6 Å². The van der Waals surface area contributed by atoms with Crippen LogP contribution in [0.5, 0.6) is 0 Å². The summed E-state index contributed by atoms with van der Waals surface area (Å²) in [4.78, 5) is 36.4. The standard InChI is InChI=1S/C17H14FN3O4/c18-12-6-2-4-8-15(12)20-10-9-13(17(20)23)19-16(22)11-5-1-3-7-14(11)21(24)25/h1-8,13H,9-10H2,(H,19,22)/t13-/m0/s1. The van der Waals surface area contributed by atoms with Gasteiger partial charge in [0, 0.05) is 12.6 Å². The maximum absolute atomic E-state index is 13.9. The van der Waals surface area contributed by atoms with Gasteiger partial charge in [-0.25, -0.2) is 4.39 Å². The minimum absolute atomic E-state index is 0.121. The zero-order valence-corrected chi connectivity index (χ0v) is 13.0. The third-order valence-corrected chi connectivity index (χ3v) is 4.00. The molecule has 0 radical (unpaired) electrons. The van der Waals surface area contributed by atoms with E-state index in [0.717, 1.165) is 0 Å². The molecule has 0 unspecified atom stereocenters. The van der Waals surface area contributed by atoms with E-state index in [2.05, 4.69) is 5.32 Å². The van der Waals surface area contributed by atoms with Crippen LogP contribution in [0, 0.1) is 15.9 Å². The number of hydrogen-bond donors (Lipinski definition) is 1. The summed E-state index contributed by atoms with van der Waals surface area (Å²) in [5.41, 5.74) is -0.309. The van der Waals surface area contributed by atoms with Gasteiger partial charge >= 0.3 is 0 Å². The van der Waals surface area contributed by atoms with Crippen LogP contribution < -0.4 is 10.2 Å². The van der Waals surface area contributed by atoms with Gasteiger partial charge in [0.15, 0.2) is 0 Å². The van der Waals surface area contributed by atoms with Crippen LogP contribution in [0.25, 0.3) is 0 Å². The minimum Gasteiger partial charge on any atom is -0.340 e. The number of para-hydroxylation sites is 2. The van der Waals surface area contributed by atoms with Crippen molar-refractivity contribution in [2.45, 2.75) is 12.5 Å². The number of nitrogens with one attached hydrogen (secondary N) is 1. The third-order valence-electron chi connectivity index (χ3n) is 4.00. The second-order valence-electron chi connectivity index (χ2n) is 5.53. The van der Waals surface area contributed by atoms with E-state index in [4.69, 9.17) is 0 Å². The molecule has 7 nitrogen and oxygen atoms in total. The Morgan fingerprint density at radius 2 is 1.88 bits per heavy atom. The molecule has 1 heterocycles. The Bertz CT molecular complexity index is 855. The summed E-state index contributed by atoms with van der Waals surface area (Å²) in [7, 11) is 0. The summed E-state index contributed by atoms with van der Waals surface area (Å²) < 4.78 is 13.9. The lowest BCUT2D eigenvalue weighted by atomic mass is 10.1. The smallest absolute Gasteiger partial charge is 0.282 e. The van der Waals surface area contributed by atoms with Crippen molar-refractivity contribution < 1.29 is 18.9 Å². The molecule has 0 aliphatic carbocycles. The molecule has 8 heteroatoms. The van der Waals surface area contributed by atoms with Gasteiger partial charge < -0.3 is 10.2 Å². The Labute approximate surface area is 142 Å². The van der Waals surface area contributed by atoms with Gasteiger partial charge in [0.25, 0.3) is 11.6 Å². The van der Waals surface area contributed by atoms with E-state index in [9.17, 15) is 24.1 Å². The monoisotopic (exact) mass is 343 g/mol. The van der Waals surface area contributed by atoms with Crippen LogP contribution in [0.15, 0.2) is 48.5 Å². The van der Waals surface area contributed by atoms with E-state index < -0.39 is 28.6 Å². The number of carbonyl (C=O) groups excluding carboxylic acids is 2.